The second-order valence-corrected chi connectivity index (χ2v) is 8.98. The van der Waals surface area contributed by atoms with Gasteiger partial charge in [0.05, 0.1) is 11.9 Å². The van der Waals surface area contributed by atoms with Crippen molar-refractivity contribution in [3.63, 3.8) is 0 Å². The molecule has 154 valence electrons. The fraction of sp³-hybridized carbons (Fsp3) is 0.333. The highest BCUT2D eigenvalue weighted by molar-refractivity contribution is 7.92. The molecule has 1 heterocycles. The minimum Gasteiger partial charge on any atom is -0.339 e. The predicted octanol–water partition coefficient (Wildman–Crippen LogP) is 2.63. The zero-order valence-corrected chi connectivity index (χ0v) is 17.6. The van der Waals surface area contributed by atoms with E-state index in [1.165, 1.54) is 17.5 Å². The summed E-state index contributed by atoms with van der Waals surface area (Å²) in [5.41, 5.74) is 3.43. The van der Waals surface area contributed by atoms with Crippen LogP contribution < -0.4 is 9.62 Å². The quantitative estimate of drug-likeness (QED) is 0.786. The zero-order chi connectivity index (χ0) is 21.2. The van der Waals surface area contributed by atoms with Crippen LogP contribution in [0, 0.1) is 0 Å². The van der Waals surface area contributed by atoms with E-state index < -0.39 is 10.0 Å². The van der Waals surface area contributed by atoms with Crippen molar-refractivity contribution in [3.05, 3.63) is 59.2 Å². The maximum Gasteiger partial charge on any atom is 0.255 e. The maximum absolute atomic E-state index is 12.8. The lowest BCUT2D eigenvalue weighted by Crippen LogP contribution is -2.28. The first kappa shape index (κ1) is 20.9. The summed E-state index contributed by atoms with van der Waals surface area (Å²) in [5.74, 6) is -0.299. The van der Waals surface area contributed by atoms with Crippen LogP contribution in [0.3, 0.4) is 0 Å². The lowest BCUT2D eigenvalue weighted by Gasteiger charge is -2.21. The minimum atomic E-state index is -3.32. The van der Waals surface area contributed by atoms with E-state index in [2.05, 4.69) is 5.32 Å². The SMILES string of the molecule is CCN(Cc1ccccc1NC(=O)c1ccc2c(c1)CCN2S(C)(=O)=O)C(C)=O. The summed E-state index contributed by atoms with van der Waals surface area (Å²) in [7, 11) is -3.32. The molecule has 1 aliphatic heterocycles. The van der Waals surface area contributed by atoms with Gasteiger partial charge in [-0.25, -0.2) is 8.42 Å². The van der Waals surface area contributed by atoms with Gasteiger partial charge in [0, 0.05) is 37.8 Å². The average Bonchev–Trinajstić information content (AvgIpc) is 3.10. The molecule has 29 heavy (non-hydrogen) atoms. The van der Waals surface area contributed by atoms with Crippen LogP contribution in [0.25, 0.3) is 0 Å². The summed E-state index contributed by atoms with van der Waals surface area (Å²) in [4.78, 5) is 26.2. The molecule has 2 aromatic rings. The number of para-hydroxylation sites is 1. The maximum atomic E-state index is 12.8. The second-order valence-electron chi connectivity index (χ2n) is 7.07. The van der Waals surface area contributed by atoms with E-state index in [1.807, 2.05) is 25.1 Å². The van der Waals surface area contributed by atoms with Gasteiger partial charge in [0.25, 0.3) is 5.91 Å². The third-order valence-electron chi connectivity index (χ3n) is 5.05. The molecular formula is C21H25N3O4S. The monoisotopic (exact) mass is 415 g/mol. The number of carbonyl (C=O) groups excluding carboxylic acids is 2. The van der Waals surface area contributed by atoms with Gasteiger partial charge >= 0.3 is 0 Å². The molecule has 0 saturated carbocycles. The number of nitrogens with one attached hydrogen (secondary N) is 1. The van der Waals surface area contributed by atoms with E-state index in [1.54, 1.807) is 29.2 Å². The van der Waals surface area contributed by atoms with E-state index in [-0.39, 0.29) is 11.8 Å². The summed E-state index contributed by atoms with van der Waals surface area (Å²) >= 11 is 0. The van der Waals surface area contributed by atoms with Gasteiger partial charge in [-0.1, -0.05) is 18.2 Å². The van der Waals surface area contributed by atoms with Crippen LogP contribution in [0.1, 0.15) is 35.3 Å². The number of benzene rings is 2. The molecule has 8 heteroatoms. The number of hydrogen-bond donors (Lipinski definition) is 1. The minimum absolute atomic E-state index is 0.0253. The number of carbonyl (C=O) groups is 2. The van der Waals surface area contributed by atoms with Crippen molar-refractivity contribution < 1.29 is 18.0 Å². The highest BCUT2D eigenvalue weighted by atomic mass is 32.2. The summed E-state index contributed by atoms with van der Waals surface area (Å²) in [5, 5.41) is 2.92. The van der Waals surface area contributed by atoms with Gasteiger partial charge in [0.15, 0.2) is 0 Å². The molecule has 0 spiro atoms. The first-order valence-corrected chi connectivity index (χ1v) is 11.3. The van der Waals surface area contributed by atoms with E-state index in [4.69, 9.17) is 0 Å². The molecule has 0 aliphatic carbocycles. The largest absolute Gasteiger partial charge is 0.339 e. The Balaban J connectivity index is 1.81. The summed E-state index contributed by atoms with van der Waals surface area (Å²) < 4.78 is 25.1. The molecular weight excluding hydrogens is 390 g/mol. The van der Waals surface area contributed by atoms with Crippen LogP contribution in [0.15, 0.2) is 42.5 Å². The van der Waals surface area contributed by atoms with Gasteiger partial charge in [-0.05, 0) is 48.7 Å². The highest BCUT2D eigenvalue weighted by Gasteiger charge is 2.26. The molecule has 0 unspecified atom stereocenters. The molecule has 3 rings (SSSR count). The number of fused-ring (bicyclic) bond motifs is 1. The molecule has 0 atom stereocenters. The lowest BCUT2D eigenvalue weighted by atomic mass is 10.1. The van der Waals surface area contributed by atoms with E-state index >= 15 is 0 Å². The van der Waals surface area contributed by atoms with Crippen LogP contribution in [0.4, 0.5) is 11.4 Å². The van der Waals surface area contributed by atoms with Crippen LogP contribution in [-0.2, 0) is 27.8 Å². The van der Waals surface area contributed by atoms with Crippen molar-refractivity contribution in [2.24, 2.45) is 0 Å². The topological polar surface area (TPSA) is 86.8 Å². The number of amides is 2. The Kier molecular flexibility index (Phi) is 5.93. The standard InChI is InChI=1S/C21H25N3O4S/c1-4-23(15(2)25)14-18-7-5-6-8-19(18)22-21(26)17-9-10-20-16(13-17)11-12-24(20)29(3,27)28/h5-10,13H,4,11-12,14H2,1-3H3,(H,22,26). The third kappa shape index (κ3) is 4.59. The fourth-order valence-corrected chi connectivity index (χ4v) is 4.44. The smallest absolute Gasteiger partial charge is 0.255 e. The van der Waals surface area contributed by atoms with Crippen molar-refractivity contribution in [1.29, 1.82) is 0 Å². The highest BCUT2D eigenvalue weighted by Crippen LogP contribution is 2.31. The van der Waals surface area contributed by atoms with E-state index in [0.29, 0.717) is 43.0 Å². The summed E-state index contributed by atoms with van der Waals surface area (Å²) in [6.07, 6.45) is 1.75. The van der Waals surface area contributed by atoms with E-state index in [9.17, 15) is 18.0 Å². The van der Waals surface area contributed by atoms with E-state index in [0.717, 1.165) is 11.1 Å². The normalized spacial score (nSPS) is 13.1. The van der Waals surface area contributed by atoms with Gasteiger partial charge in [0.2, 0.25) is 15.9 Å². The molecule has 0 aromatic heterocycles. The average molecular weight is 416 g/mol. The zero-order valence-electron chi connectivity index (χ0n) is 16.8. The molecule has 2 amide bonds. The van der Waals surface area contributed by atoms with Crippen molar-refractivity contribution in [2.45, 2.75) is 26.8 Å². The van der Waals surface area contributed by atoms with Crippen LogP contribution in [0.2, 0.25) is 0 Å². The predicted molar refractivity (Wildman–Crippen MR) is 113 cm³/mol. The molecule has 1 N–H and O–H groups in total. The van der Waals surface area contributed by atoms with Crippen molar-refractivity contribution >= 4 is 33.2 Å². The Morgan fingerprint density at radius 3 is 2.55 bits per heavy atom. The van der Waals surface area contributed by atoms with Gasteiger partial charge < -0.3 is 10.2 Å². The Labute approximate surface area is 171 Å². The molecule has 0 fully saturated rings. The Bertz CT molecular complexity index is 1050. The molecule has 0 bridgehead atoms. The molecule has 0 radical (unpaired) electrons. The first-order chi connectivity index (χ1) is 13.7. The van der Waals surface area contributed by atoms with Gasteiger partial charge in [0.1, 0.15) is 0 Å². The van der Waals surface area contributed by atoms with Gasteiger partial charge in [-0.2, -0.15) is 0 Å². The van der Waals surface area contributed by atoms with Crippen LogP contribution in [-0.4, -0.2) is 44.5 Å². The van der Waals surface area contributed by atoms with Crippen LogP contribution >= 0.6 is 0 Å². The molecule has 0 saturated heterocycles. The Hall–Kier alpha value is -2.87. The number of nitrogens with zero attached hydrogens (tertiary/aromatic N) is 2. The van der Waals surface area contributed by atoms with Crippen molar-refractivity contribution in [3.8, 4) is 0 Å². The number of anilines is 2. The molecule has 2 aromatic carbocycles. The number of sulfonamides is 1. The Morgan fingerprint density at radius 1 is 1.17 bits per heavy atom. The summed E-state index contributed by atoms with van der Waals surface area (Å²) in [6.45, 7) is 4.82. The Morgan fingerprint density at radius 2 is 1.90 bits per heavy atom. The molecule has 1 aliphatic rings. The lowest BCUT2D eigenvalue weighted by molar-refractivity contribution is -0.129. The first-order valence-electron chi connectivity index (χ1n) is 9.46. The molecule has 7 nitrogen and oxygen atoms in total. The van der Waals surface area contributed by atoms with Gasteiger partial charge in [-0.3, -0.25) is 13.9 Å². The van der Waals surface area contributed by atoms with Crippen LogP contribution in [0.5, 0.6) is 0 Å². The van der Waals surface area contributed by atoms with Crippen molar-refractivity contribution in [1.82, 2.24) is 4.90 Å². The number of rotatable bonds is 6. The number of hydrogen-bond acceptors (Lipinski definition) is 4. The second kappa shape index (κ2) is 8.24. The third-order valence-corrected chi connectivity index (χ3v) is 6.23. The fourth-order valence-electron chi connectivity index (χ4n) is 3.48. The van der Waals surface area contributed by atoms with Crippen molar-refractivity contribution in [2.75, 3.05) is 29.0 Å². The van der Waals surface area contributed by atoms with Gasteiger partial charge in [-0.15, -0.1) is 0 Å². The summed E-state index contributed by atoms with van der Waals surface area (Å²) in [6, 6.07) is 12.4.